The minimum atomic E-state index is 0.596. The Bertz CT molecular complexity index is 627. The first-order valence-electron chi connectivity index (χ1n) is 5.23. The molecule has 0 unspecified atom stereocenters. The van der Waals surface area contributed by atoms with Crippen molar-refractivity contribution in [2.45, 2.75) is 6.92 Å². The van der Waals surface area contributed by atoms with Gasteiger partial charge in [0, 0.05) is 5.56 Å². The fourth-order valence-corrected chi connectivity index (χ4v) is 1.61. The predicted molar refractivity (Wildman–Crippen MR) is 62.1 cm³/mol. The molecule has 0 spiro atoms. The molecule has 0 bridgehead atoms. The number of nitrogens with one attached hydrogen (secondary N) is 1. The molecule has 3 rings (SSSR count). The van der Waals surface area contributed by atoms with E-state index in [9.17, 15) is 0 Å². The van der Waals surface area contributed by atoms with Crippen LogP contribution in [-0.2, 0) is 0 Å². The van der Waals surface area contributed by atoms with Crippen LogP contribution < -0.4 is 0 Å². The van der Waals surface area contributed by atoms with E-state index < -0.39 is 0 Å². The Kier molecular flexibility index (Phi) is 2.22. The number of benzene rings is 1. The van der Waals surface area contributed by atoms with Gasteiger partial charge in [0.2, 0.25) is 0 Å². The van der Waals surface area contributed by atoms with Gasteiger partial charge in [-0.1, -0.05) is 30.3 Å². The molecule has 1 aromatic carbocycles. The highest BCUT2D eigenvalue weighted by molar-refractivity contribution is 5.58. The molecule has 0 amide bonds. The van der Waals surface area contributed by atoms with Crippen LogP contribution in [0.3, 0.4) is 0 Å². The van der Waals surface area contributed by atoms with Crippen LogP contribution in [0.4, 0.5) is 0 Å². The summed E-state index contributed by atoms with van der Waals surface area (Å²) >= 11 is 0. The third-order valence-corrected chi connectivity index (χ3v) is 2.48. The van der Waals surface area contributed by atoms with Gasteiger partial charge >= 0.3 is 0 Å². The highest BCUT2D eigenvalue weighted by atomic mass is 16.3. The van der Waals surface area contributed by atoms with Gasteiger partial charge in [0.25, 0.3) is 0 Å². The van der Waals surface area contributed by atoms with Crippen LogP contribution in [-0.4, -0.2) is 20.2 Å². The number of hydrogen-bond donors (Lipinski definition) is 1. The number of aromatic nitrogens is 4. The molecule has 0 aliphatic carbocycles. The number of oxazole rings is 1. The van der Waals surface area contributed by atoms with Crippen LogP contribution in [0.2, 0.25) is 0 Å². The Morgan fingerprint density at radius 1 is 1.18 bits per heavy atom. The average molecular weight is 226 g/mol. The van der Waals surface area contributed by atoms with E-state index in [4.69, 9.17) is 4.42 Å². The summed E-state index contributed by atoms with van der Waals surface area (Å²) in [7, 11) is 0. The average Bonchev–Trinajstić information content (AvgIpc) is 2.98. The maximum absolute atomic E-state index is 5.25. The zero-order chi connectivity index (χ0) is 11.7. The molecule has 1 N–H and O–H groups in total. The molecule has 3 aromatic rings. The molecule has 0 atom stereocenters. The van der Waals surface area contributed by atoms with E-state index in [0.29, 0.717) is 17.4 Å². The lowest BCUT2D eigenvalue weighted by molar-refractivity contribution is 0.567. The Labute approximate surface area is 97.5 Å². The molecule has 84 valence electrons. The van der Waals surface area contributed by atoms with E-state index >= 15 is 0 Å². The molecule has 0 aliphatic heterocycles. The van der Waals surface area contributed by atoms with Gasteiger partial charge in [0.05, 0.1) is 5.69 Å². The molecule has 5 heteroatoms. The van der Waals surface area contributed by atoms with Crippen molar-refractivity contribution in [3.63, 3.8) is 0 Å². The zero-order valence-electron chi connectivity index (χ0n) is 9.21. The molecular formula is C12H10N4O. The van der Waals surface area contributed by atoms with E-state index in [1.165, 1.54) is 6.39 Å². The highest BCUT2D eigenvalue weighted by Gasteiger charge is 2.12. The Hall–Kier alpha value is -2.43. The van der Waals surface area contributed by atoms with Crippen molar-refractivity contribution < 1.29 is 4.42 Å². The fraction of sp³-hybridized carbons (Fsp3) is 0.0833. The summed E-state index contributed by atoms with van der Waals surface area (Å²) in [4.78, 5) is 8.40. The summed E-state index contributed by atoms with van der Waals surface area (Å²) in [6, 6.07) is 9.77. The monoisotopic (exact) mass is 226 g/mol. The molecule has 0 aliphatic rings. The first kappa shape index (κ1) is 9.77. The lowest BCUT2D eigenvalue weighted by Crippen LogP contribution is -1.81. The van der Waals surface area contributed by atoms with Gasteiger partial charge in [-0.05, 0) is 6.92 Å². The van der Waals surface area contributed by atoms with Crippen LogP contribution in [0, 0.1) is 6.92 Å². The molecule has 5 nitrogen and oxygen atoms in total. The van der Waals surface area contributed by atoms with Crippen LogP contribution in [0.15, 0.2) is 41.1 Å². The Morgan fingerprint density at radius 3 is 2.71 bits per heavy atom. The lowest BCUT2D eigenvalue weighted by Gasteiger charge is -1.91. The second kappa shape index (κ2) is 3.86. The summed E-state index contributed by atoms with van der Waals surface area (Å²) in [5.74, 6) is 1.87. The van der Waals surface area contributed by atoms with E-state index in [1.54, 1.807) is 0 Å². The summed E-state index contributed by atoms with van der Waals surface area (Å²) in [6.07, 6.45) is 1.40. The minimum absolute atomic E-state index is 0.596. The van der Waals surface area contributed by atoms with Crippen molar-refractivity contribution >= 4 is 0 Å². The number of hydrogen-bond acceptors (Lipinski definition) is 4. The number of rotatable bonds is 2. The molecule has 0 saturated carbocycles. The van der Waals surface area contributed by atoms with Gasteiger partial charge in [-0.3, -0.25) is 5.10 Å². The van der Waals surface area contributed by atoms with Crippen molar-refractivity contribution in [1.29, 1.82) is 0 Å². The number of nitrogens with zero attached hydrogens (tertiary/aromatic N) is 3. The smallest absolute Gasteiger partial charge is 0.194 e. The first-order chi connectivity index (χ1) is 8.34. The molecule has 0 fully saturated rings. The summed E-state index contributed by atoms with van der Waals surface area (Å²) < 4.78 is 5.25. The minimum Gasteiger partial charge on any atom is -0.440 e. The number of aryl methyl sites for hydroxylation is 1. The lowest BCUT2D eigenvalue weighted by atomic mass is 10.2. The maximum Gasteiger partial charge on any atom is 0.194 e. The maximum atomic E-state index is 5.25. The molecule has 2 aromatic heterocycles. The van der Waals surface area contributed by atoms with Crippen molar-refractivity contribution in [2.24, 2.45) is 0 Å². The standard InChI is InChI=1S/C12H10N4O/c1-8-10(17-7-13-8)12-14-11(15-16-12)9-5-3-2-4-6-9/h2-7H,1H3,(H,14,15,16). The van der Waals surface area contributed by atoms with Crippen molar-refractivity contribution in [1.82, 2.24) is 20.2 Å². The number of H-pyrrole nitrogens is 1. The third-order valence-electron chi connectivity index (χ3n) is 2.48. The second-order valence-electron chi connectivity index (χ2n) is 3.64. The molecule has 0 radical (unpaired) electrons. The van der Waals surface area contributed by atoms with Gasteiger partial charge in [-0.15, -0.1) is 0 Å². The summed E-state index contributed by atoms with van der Waals surface area (Å²) in [5.41, 5.74) is 1.76. The van der Waals surface area contributed by atoms with Crippen LogP contribution >= 0.6 is 0 Å². The highest BCUT2D eigenvalue weighted by Crippen LogP contribution is 2.21. The van der Waals surface area contributed by atoms with Crippen molar-refractivity contribution in [3.8, 4) is 23.0 Å². The number of aromatic amines is 1. The van der Waals surface area contributed by atoms with Gasteiger partial charge in [-0.2, -0.15) is 5.10 Å². The van der Waals surface area contributed by atoms with Crippen LogP contribution in [0.5, 0.6) is 0 Å². The molecular weight excluding hydrogens is 216 g/mol. The van der Waals surface area contributed by atoms with Gasteiger partial charge in [-0.25, -0.2) is 9.97 Å². The Morgan fingerprint density at radius 2 is 2.00 bits per heavy atom. The van der Waals surface area contributed by atoms with E-state index in [-0.39, 0.29) is 0 Å². The molecule has 2 heterocycles. The second-order valence-corrected chi connectivity index (χ2v) is 3.64. The largest absolute Gasteiger partial charge is 0.440 e. The van der Waals surface area contributed by atoms with Gasteiger partial charge in [0.1, 0.15) is 0 Å². The first-order valence-corrected chi connectivity index (χ1v) is 5.23. The summed E-state index contributed by atoms with van der Waals surface area (Å²) in [5, 5.41) is 7.01. The van der Waals surface area contributed by atoms with Crippen LogP contribution in [0.25, 0.3) is 23.0 Å². The topological polar surface area (TPSA) is 67.6 Å². The van der Waals surface area contributed by atoms with E-state index in [1.807, 2.05) is 37.3 Å². The third kappa shape index (κ3) is 1.71. The predicted octanol–water partition coefficient (Wildman–Crippen LogP) is 2.44. The van der Waals surface area contributed by atoms with E-state index in [0.717, 1.165) is 11.3 Å². The normalized spacial score (nSPS) is 10.6. The Balaban J connectivity index is 2.02. The van der Waals surface area contributed by atoms with Crippen molar-refractivity contribution in [2.75, 3.05) is 0 Å². The molecule has 0 saturated heterocycles. The SMILES string of the molecule is Cc1ncoc1-c1nc(-c2ccccc2)n[nH]1. The van der Waals surface area contributed by atoms with Gasteiger partial charge in [0.15, 0.2) is 23.8 Å². The van der Waals surface area contributed by atoms with Gasteiger partial charge < -0.3 is 4.42 Å². The fourth-order valence-electron chi connectivity index (χ4n) is 1.61. The van der Waals surface area contributed by atoms with Crippen LogP contribution in [0.1, 0.15) is 5.69 Å². The quantitative estimate of drug-likeness (QED) is 0.728. The zero-order valence-corrected chi connectivity index (χ0v) is 9.21. The summed E-state index contributed by atoms with van der Waals surface area (Å²) in [6.45, 7) is 1.86. The van der Waals surface area contributed by atoms with Crippen molar-refractivity contribution in [3.05, 3.63) is 42.4 Å². The molecule has 17 heavy (non-hydrogen) atoms. The van der Waals surface area contributed by atoms with E-state index in [2.05, 4.69) is 20.2 Å².